The smallest absolute Gasteiger partial charge is 0.225 e. The minimum absolute atomic E-state index is 0.167. The lowest BCUT2D eigenvalue weighted by atomic mass is 10.2. The Labute approximate surface area is 152 Å². The van der Waals surface area contributed by atoms with Crippen molar-refractivity contribution in [2.24, 2.45) is 0 Å². The van der Waals surface area contributed by atoms with Crippen LogP contribution in [-0.2, 0) is 11.3 Å². The summed E-state index contributed by atoms with van der Waals surface area (Å²) in [6.07, 6.45) is 0.321. The van der Waals surface area contributed by atoms with E-state index in [2.05, 4.69) is 15.1 Å². The summed E-state index contributed by atoms with van der Waals surface area (Å²) in [5, 5.41) is 2.60. The van der Waals surface area contributed by atoms with E-state index >= 15 is 0 Å². The van der Waals surface area contributed by atoms with Crippen LogP contribution in [-0.4, -0.2) is 48.4 Å². The summed E-state index contributed by atoms with van der Waals surface area (Å²) in [6.45, 7) is 4.58. The van der Waals surface area contributed by atoms with Gasteiger partial charge in [-0.3, -0.25) is 9.69 Å². The van der Waals surface area contributed by atoms with Gasteiger partial charge in [0.25, 0.3) is 0 Å². The molecule has 2 aromatic rings. The molecular weight excluding hydrogens is 336 g/mol. The Morgan fingerprint density at radius 3 is 2.19 bits per heavy atom. The maximum Gasteiger partial charge on any atom is 0.225 e. The van der Waals surface area contributed by atoms with Crippen molar-refractivity contribution in [1.82, 2.24) is 9.80 Å². The molecule has 0 radical (unpaired) electrons. The number of hydrogen-bond acceptors (Lipinski definition) is 3. The Balaban J connectivity index is 1.39. The predicted octanol–water partition coefficient (Wildman–Crippen LogP) is 3.11. The molecule has 26 heavy (non-hydrogen) atoms. The number of nitrogens with one attached hydrogen (secondary N) is 1. The van der Waals surface area contributed by atoms with Gasteiger partial charge in [-0.2, -0.15) is 0 Å². The first-order valence-corrected chi connectivity index (χ1v) is 8.84. The van der Waals surface area contributed by atoms with Crippen molar-refractivity contribution < 1.29 is 13.6 Å². The van der Waals surface area contributed by atoms with Gasteiger partial charge in [0.15, 0.2) is 0 Å². The number of nitrogens with zero attached hydrogens (tertiary/aromatic N) is 2. The lowest BCUT2D eigenvalue weighted by molar-refractivity contribution is -0.116. The highest BCUT2D eigenvalue weighted by Gasteiger charge is 2.18. The molecule has 0 unspecified atom stereocenters. The zero-order valence-corrected chi connectivity index (χ0v) is 14.6. The Kier molecular flexibility index (Phi) is 6.30. The van der Waals surface area contributed by atoms with E-state index in [1.54, 1.807) is 24.3 Å². The number of carbonyl (C=O) groups is 1. The zero-order valence-electron chi connectivity index (χ0n) is 14.6. The average molecular weight is 359 g/mol. The van der Waals surface area contributed by atoms with Gasteiger partial charge in [0, 0.05) is 51.3 Å². The number of para-hydroxylation sites is 1. The molecule has 0 bridgehead atoms. The molecule has 0 saturated carbocycles. The summed E-state index contributed by atoms with van der Waals surface area (Å²) in [5.74, 6) is -0.786. The molecule has 0 aromatic heterocycles. The second kappa shape index (κ2) is 8.87. The summed E-state index contributed by atoms with van der Waals surface area (Å²) in [4.78, 5) is 16.4. The van der Waals surface area contributed by atoms with Gasteiger partial charge in [0.2, 0.25) is 5.91 Å². The monoisotopic (exact) mass is 359 g/mol. The fraction of sp³-hybridized carbons (Fsp3) is 0.350. The molecule has 1 N–H and O–H groups in total. The Morgan fingerprint density at radius 1 is 0.885 bits per heavy atom. The van der Waals surface area contributed by atoms with Crippen molar-refractivity contribution in [2.75, 3.05) is 38.0 Å². The van der Waals surface area contributed by atoms with Crippen LogP contribution in [0.1, 0.15) is 12.0 Å². The number of piperazine rings is 1. The maximum atomic E-state index is 13.7. The van der Waals surface area contributed by atoms with Crippen LogP contribution in [0.4, 0.5) is 14.5 Å². The van der Waals surface area contributed by atoms with Crippen molar-refractivity contribution in [2.45, 2.75) is 13.0 Å². The van der Waals surface area contributed by atoms with Crippen LogP contribution in [0.2, 0.25) is 0 Å². The topological polar surface area (TPSA) is 35.6 Å². The highest BCUT2D eigenvalue weighted by atomic mass is 19.1. The minimum Gasteiger partial charge on any atom is -0.324 e. The van der Waals surface area contributed by atoms with Gasteiger partial charge >= 0.3 is 0 Å². The molecule has 138 valence electrons. The SMILES string of the molecule is O=C(CCN1CCN(Cc2ccccc2F)CC1)Nc1ccccc1F. The van der Waals surface area contributed by atoms with Crippen molar-refractivity contribution in [3.05, 3.63) is 65.7 Å². The van der Waals surface area contributed by atoms with E-state index in [4.69, 9.17) is 0 Å². The number of amides is 1. The van der Waals surface area contributed by atoms with Crippen LogP contribution in [0.3, 0.4) is 0 Å². The molecule has 1 saturated heterocycles. The van der Waals surface area contributed by atoms with Gasteiger partial charge in [0.1, 0.15) is 11.6 Å². The normalized spacial score (nSPS) is 15.8. The summed E-state index contributed by atoms with van der Waals surface area (Å²) >= 11 is 0. The van der Waals surface area contributed by atoms with Crippen molar-refractivity contribution in [3.63, 3.8) is 0 Å². The fourth-order valence-corrected chi connectivity index (χ4v) is 3.07. The molecule has 0 aliphatic carbocycles. The van der Waals surface area contributed by atoms with Crippen molar-refractivity contribution >= 4 is 11.6 Å². The van der Waals surface area contributed by atoms with E-state index in [1.807, 2.05) is 12.1 Å². The van der Waals surface area contributed by atoms with E-state index < -0.39 is 5.82 Å². The van der Waals surface area contributed by atoms with Gasteiger partial charge in [0.05, 0.1) is 5.69 Å². The number of rotatable bonds is 6. The van der Waals surface area contributed by atoms with Crippen LogP contribution < -0.4 is 5.32 Å². The molecule has 1 heterocycles. The number of benzene rings is 2. The van der Waals surface area contributed by atoms with E-state index in [-0.39, 0.29) is 17.4 Å². The van der Waals surface area contributed by atoms with Crippen molar-refractivity contribution in [3.8, 4) is 0 Å². The predicted molar refractivity (Wildman–Crippen MR) is 97.8 cm³/mol. The lowest BCUT2D eigenvalue weighted by Crippen LogP contribution is -2.46. The molecule has 4 nitrogen and oxygen atoms in total. The summed E-state index contributed by atoms with van der Waals surface area (Å²) in [7, 11) is 0. The standard InChI is InChI=1S/C20H23F2N3O/c21-17-6-2-1-5-16(17)15-25-13-11-24(12-14-25)10-9-20(26)23-19-8-4-3-7-18(19)22/h1-8H,9-15H2,(H,23,26). The van der Waals surface area contributed by atoms with Gasteiger partial charge in [-0.05, 0) is 18.2 Å². The third-order valence-electron chi connectivity index (χ3n) is 4.62. The molecule has 1 amide bonds. The lowest BCUT2D eigenvalue weighted by Gasteiger charge is -2.34. The molecular formula is C20H23F2N3O. The van der Waals surface area contributed by atoms with Gasteiger partial charge in [-0.25, -0.2) is 8.78 Å². The second-order valence-corrected chi connectivity index (χ2v) is 6.49. The first kappa shape index (κ1) is 18.5. The third kappa shape index (κ3) is 5.09. The van der Waals surface area contributed by atoms with E-state index in [0.29, 0.717) is 25.1 Å². The summed E-state index contributed by atoms with van der Waals surface area (Å²) in [5.41, 5.74) is 0.928. The first-order chi connectivity index (χ1) is 12.6. The Bertz CT molecular complexity index is 745. The van der Waals surface area contributed by atoms with Gasteiger partial charge in [-0.15, -0.1) is 0 Å². The number of anilines is 1. The molecule has 1 aliphatic heterocycles. The number of halogens is 2. The second-order valence-electron chi connectivity index (χ2n) is 6.49. The highest BCUT2D eigenvalue weighted by Crippen LogP contribution is 2.14. The molecule has 6 heteroatoms. The number of carbonyl (C=O) groups excluding carboxylic acids is 1. The van der Waals surface area contributed by atoms with Crippen LogP contribution in [0, 0.1) is 11.6 Å². The Morgan fingerprint density at radius 2 is 1.50 bits per heavy atom. The molecule has 2 aromatic carbocycles. The molecule has 0 spiro atoms. The van der Waals surface area contributed by atoms with Crippen LogP contribution in [0.5, 0.6) is 0 Å². The van der Waals surface area contributed by atoms with Gasteiger partial charge < -0.3 is 10.2 Å². The Hall–Kier alpha value is -2.31. The largest absolute Gasteiger partial charge is 0.324 e. The van der Waals surface area contributed by atoms with E-state index in [1.165, 1.54) is 12.1 Å². The van der Waals surface area contributed by atoms with Crippen LogP contribution in [0.15, 0.2) is 48.5 Å². The average Bonchev–Trinajstić information content (AvgIpc) is 2.65. The number of hydrogen-bond donors (Lipinski definition) is 1. The van der Waals surface area contributed by atoms with Crippen LogP contribution >= 0.6 is 0 Å². The molecule has 3 rings (SSSR count). The van der Waals surface area contributed by atoms with Crippen molar-refractivity contribution in [1.29, 1.82) is 0 Å². The zero-order chi connectivity index (χ0) is 18.4. The van der Waals surface area contributed by atoms with Crippen LogP contribution in [0.25, 0.3) is 0 Å². The third-order valence-corrected chi connectivity index (χ3v) is 4.62. The van der Waals surface area contributed by atoms with E-state index in [9.17, 15) is 13.6 Å². The fourth-order valence-electron chi connectivity index (χ4n) is 3.07. The summed E-state index contributed by atoms with van der Waals surface area (Å²) < 4.78 is 27.3. The summed E-state index contributed by atoms with van der Waals surface area (Å²) in [6, 6.07) is 13.0. The quantitative estimate of drug-likeness (QED) is 0.861. The molecule has 1 fully saturated rings. The van der Waals surface area contributed by atoms with E-state index in [0.717, 1.165) is 26.2 Å². The molecule has 1 aliphatic rings. The minimum atomic E-state index is -0.428. The molecule has 0 atom stereocenters. The maximum absolute atomic E-state index is 13.7. The first-order valence-electron chi connectivity index (χ1n) is 8.84. The van der Waals surface area contributed by atoms with Gasteiger partial charge in [-0.1, -0.05) is 30.3 Å². The highest BCUT2D eigenvalue weighted by molar-refractivity contribution is 5.90.